The minimum Gasteiger partial charge on any atom is -0.495 e. The van der Waals surface area contributed by atoms with Crippen molar-refractivity contribution in [3.05, 3.63) is 36.4 Å². The molecule has 0 aliphatic rings. The number of rotatable bonds is 19. The Labute approximate surface area is 245 Å². The lowest BCUT2D eigenvalue weighted by atomic mass is 10.0. The number of nitrogens with zero attached hydrogens (tertiary/aromatic N) is 2. The quantitative estimate of drug-likeness (QED) is 0.136. The first kappa shape index (κ1) is 34.5. The zero-order valence-corrected chi connectivity index (χ0v) is 24.1. The topological polar surface area (TPSA) is 183 Å². The molecule has 0 unspecified atom stereocenters. The van der Waals surface area contributed by atoms with E-state index in [2.05, 4.69) is 10.6 Å². The predicted molar refractivity (Wildman–Crippen MR) is 156 cm³/mol. The van der Waals surface area contributed by atoms with Gasteiger partial charge in [0, 0.05) is 39.3 Å². The molecule has 0 aliphatic heterocycles. The van der Waals surface area contributed by atoms with E-state index in [1.165, 1.54) is 14.2 Å². The Kier molecular flexibility index (Phi) is 16.0. The van der Waals surface area contributed by atoms with Crippen LogP contribution in [-0.2, 0) is 9.47 Å². The third-order valence-corrected chi connectivity index (χ3v) is 6.16. The normalized spacial score (nSPS) is 11.0. The third-order valence-electron chi connectivity index (χ3n) is 6.16. The highest BCUT2D eigenvalue weighted by atomic mass is 16.6. The number of ether oxygens (including phenoxy) is 4. The number of methoxy groups -OCH3 is 2. The van der Waals surface area contributed by atoms with Crippen molar-refractivity contribution in [2.45, 2.75) is 0 Å². The van der Waals surface area contributed by atoms with Crippen LogP contribution < -0.4 is 20.1 Å². The Balaban J connectivity index is 2.00. The molecule has 0 aliphatic carbocycles. The Hall–Kier alpha value is -3.66. The number of anilines is 2. The van der Waals surface area contributed by atoms with Gasteiger partial charge in [-0.25, -0.2) is 9.59 Å². The molecule has 0 saturated carbocycles. The van der Waals surface area contributed by atoms with Crippen molar-refractivity contribution in [2.24, 2.45) is 0 Å². The summed E-state index contributed by atoms with van der Waals surface area (Å²) in [5.41, 5.74) is 2.32. The van der Waals surface area contributed by atoms with Crippen LogP contribution in [-0.4, -0.2) is 136 Å². The molecule has 6 N–H and O–H groups in total. The molecule has 14 nitrogen and oxygen atoms in total. The van der Waals surface area contributed by atoms with Crippen LogP contribution in [0.1, 0.15) is 0 Å². The first-order valence-corrected chi connectivity index (χ1v) is 13.5. The second-order valence-corrected chi connectivity index (χ2v) is 8.93. The summed E-state index contributed by atoms with van der Waals surface area (Å²) in [6, 6.07) is 10.4. The van der Waals surface area contributed by atoms with E-state index in [1.54, 1.807) is 46.2 Å². The average Bonchev–Trinajstić information content (AvgIpc) is 2.98. The van der Waals surface area contributed by atoms with Crippen molar-refractivity contribution in [3.63, 3.8) is 0 Å². The number of aliphatic hydroxyl groups is 4. The van der Waals surface area contributed by atoms with E-state index in [-0.39, 0.29) is 39.6 Å². The third kappa shape index (κ3) is 11.7. The predicted octanol–water partition coefficient (Wildman–Crippen LogP) is 1.04. The molecule has 2 rings (SSSR count). The first-order valence-electron chi connectivity index (χ1n) is 13.5. The second-order valence-electron chi connectivity index (χ2n) is 8.93. The van der Waals surface area contributed by atoms with E-state index in [0.29, 0.717) is 62.1 Å². The van der Waals surface area contributed by atoms with Crippen molar-refractivity contribution in [2.75, 3.05) is 104 Å². The molecular formula is C28H42N4O10. The molecule has 14 heteroatoms. The van der Waals surface area contributed by atoms with Crippen LogP contribution in [0, 0.1) is 0 Å². The Morgan fingerprint density at radius 2 is 0.976 bits per heavy atom. The van der Waals surface area contributed by atoms with E-state index in [4.69, 9.17) is 39.4 Å². The molecule has 2 aromatic rings. The van der Waals surface area contributed by atoms with Gasteiger partial charge in [-0.15, -0.1) is 0 Å². The van der Waals surface area contributed by atoms with Gasteiger partial charge in [-0.1, -0.05) is 12.1 Å². The number of amides is 2. The summed E-state index contributed by atoms with van der Waals surface area (Å²) in [6.07, 6.45) is -1.35. The number of carbonyl (C=O) groups is 2. The Bertz CT molecular complexity index is 1010. The zero-order valence-electron chi connectivity index (χ0n) is 24.1. The lowest BCUT2D eigenvalue weighted by Crippen LogP contribution is -2.33. The standard InChI is InChI=1S/C28H42N4O10/c1-39-25-19-21(3-5-23(25)29-27(37)41-17-11-31(7-13-33)8-14-34)22-4-6-24(26(20-22)40-2)30-28(38)42-18-12-32(9-15-35)10-16-36/h3-6,19-20,33-36H,7-18H2,1-2H3,(H,29,37)(H,30,38). The molecule has 42 heavy (non-hydrogen) atoms. The van der Waals surface area contributed by atoms with Gasteiger partial charge in [0.2, 0.25) is 0 Å². The highest BCUT2D eigenvalue weighted by Crippen LogP contribution is 2.35. The first-order chi connectivity index (χ1) is 20.4. The van der Waals surface area contributed by atoms with Crippen molar-refractivity contribution in [1.82, 2.24) is 9.80 Å². The lowest BCUT2D eigenvalue weighted by molar-refractivity contribution is 0.116. The summed E-state index contributed by atoms with van der Waals surface area (Å²) in [7, 11) is 2.95. The van der Waals surface area contributed by atoms with Crippen LogP contribution in [0.4, 0.5) is 21.0 Å². The van der Waals surface area contributed by atoms with Gasteiger partial charge < -0.3 is 39.4 Å². The molecule has 2 aromatic carbocycles. The fraction of sp³-hybridized carbons (Fsp3) is 0.500. The van der Waals surface area contributed by atoms with Gasteiger partial charge in [-0.2, -0.15) is 0 Å². The number of hydrogen-bond acceptors (Lipinski definition) is 12. The molecule has 0 spiro atoms. The molecule has 0 aromatic heterocycles. The number of hydrogen-bond donors (Lipinski definition) is 6. The van der Waals surface area contributed by atoms with Crippen LogP contribution in [0.25, 0.3) is 11.1 Å². The SMILES string of the molecule is COc1cc(-c2ccc(NC(=O)OCCN(CCO)CCO)c(OC)c2)ccc1NC(=O)OCCN(CCO)CCO. The van der Waals surface area contributed by atoms with Gasteiger partial charge >= 0.3 is 12.2 Å². The maximum atomic E-state index is 12.3. The smallest absolute Gasteiger partial charge is 0.411 e. The zero-order chi connectivity index (χ0) is 30.7. The summed E-state index contributed by atoms with van der Waals surface area (Å²) in [4.78, 5) is 28.2. The largest absolute Gasteiger partial charge is 0.495 e. The highest BCUT2D eigenvalue weighted by molar-refractivity contribution is 5.89. The maximum absolute atomic E-state index is 12.3. The summed E-state index contributed by atoms with van der Waals surface area (Å²) >= 11 is 0. The Morgan fingerprint density at radius 1 is 0.619 bits per heavy atom. The van der Waals surface area contributed by atoms with Crippen LogP contribution >= 0.6 is 0 Å². The van der Waals surface area contributed by atoms with Crippen LogP contribution in [0.15, 0.2) is 36.4 Å². The summed E-state index contributed by atoms with van der Waals surface area (Å²) in [6.45, 7) is 2.08. The molecule has 0 fully saturated rings. The number of benzene rings is 2. The van der Waals surface area contributed by atoms with Gasteiger partial charge in [0.05, 0.1) is 52.0 Å². The van der Waals surface area contributed by atoms with Gasteiger partial charge in [-0.05, 0) is 35.4 Å². The van der Waals surface area contributed by atoms with E-state index in [9.17, 15) is 9.59 Å². The fourth-order valence-electron chi connectivity index (χ4n) is 4.01. The minimum absolute atomic E-state index is 0.0637. The van der Waals surface area contributed by atoms with Crippen molar-refractivity contribution in [1.29, 1.82) is 0 Å². The van der Waals surface area contributed by atoms with Crippen LogP contribution in [0.5, 0.6) is 11.5 Å². The van der Waals surface area contributed by atoms with Crippen molar-refractivity contribution >= 4 is 23.6 Å². The number of carbonyl (C=O) groups excluding carboxylic acids is 2. The summed E-state index contributed by atoms with van der Waals surface area (Å²) in [5, 5.41) is 41.6. The van der Waals surface area contributed by atoms with Crippen molar-refractivity contribution in [3.8, 4) is 22.6 Å². The van der Waals surface area contributed by atoms with E-state index < -0.39 is 12.2 Å². The van der Waals surface area contributed by atoms with E-state index in [1.807, 2.05) is 0 Å². The monoisotopic (exact) mass is 594 g/mol. The van der Waals surface area contributed by atoms with Gasteiger partial charge in [0.25, 0.3) is 0 Å². The summed E-state index contributed by atoms with van der Waals surface area (Å²) in [5.74, 6) is 0.792. The minimum atomic E-state index is -0.674. The molecule has 0 heterocycles. The number of nitrogens with one attached hydrogen (secondary N) is 2. The fourth-order valence-corrected chi connectivity index (χ4v) is 4.01. The Morgan fingerprint density at radius 3 is 1.29 bits per heavy atom. The molecule has 2 amide bonds. The van der Waals surface area contributed by atoms with E-state index in [0.717, 1.165) is 11.1 Å². The van der Waals surface area contributed by atoms with Gasteiger partial charge in [0.15, 0.2) is 0 Å². The van der Waals surface area contributed by atoms with Gasteiger partial charge in [-0.3, -0.25) is 20.4 Å². The maximum Gasteiger partial charge on any atom is 0.411 e. The molecule has 0 bridgehead atoms. The summed E-state index contributed by atoms with van der Waals surface area (Å²) < 4.78 is 21.4. The van der Waals surface area contributed by atoms with Crippen LogP contribution in [0.3, 0.4) is 0 Å². The molecule has 0 radical (unpaired) electrons. The molecule has 234 valence electrons. The lowest BCUT2D eigenvalue weighted by Gasteiger charge is -2.20. The number of aliphatic hydroxyl groups excluding tert-OH is 4. The average molecular weight is 595 g/mol. The highest BCUT2D eigenvalue weighted by Gasteiger charge is 2.14. The van der Waals surface area contributed by atoms with Crippen LogP contribution in [0.2, 0.25) is 0 Å². The van der Waals surface area contributed by atoms with E-state index >= 15 is 0 Å². The molecule has 0 saturated heterocycles. The van der Waals surface area contributed by atoms with Crippen molar-refractivity contribution < 1.29 is 49.0 Å². The molecular weight excluding hydrogens is 552 g/mol. The molecule has 0 atom stereocenters. The van der Waals surface area contributed by atoms with Gasteiger partial charge in [0.1, 0.15) is 24.7 Å². The second kappa shape index (κ2) is 19.5.